The standard InChI is InChI=1S/C19H26N6O3/c1-12(2)8-9-16(26)21-10-17(27)28-11-15-23-18(20)25-19(24-15)22-14-7-5-4-6-13(14)3/h4-7,12H,8-11H2,1-3H3,(H,21,26)(H3,20,22,23,24,25). The molecule has 1 aromatic carbocycles. The van der Waals surface area contributed by atoms with E-state index < -0.39 is 5.97 Å². The smallest absolute Gasteiger partial charge is 0.325 e. The summed E-state index contributed by atoms with van der Waals surface area (Å²) in [7, 11) is 0. The molecule has 0 bridgehead atoms. The molecule has 0 fully saturated rings. The second-order valence-electron chi connectivity index (χ2n) is 6.74. The van der Waals surface area contributed by atoms with Gasteiger partial charge in [-0.1, -0.05) is 32.0 Å². The van der Waals surface area contributed by atoms with Crippen LogP contribution in [0.15, 0.2) is 24.3 Å². The number of ether oxygens (including phenoxy) is 1. The number of hydrogen-bond donors (Lipinski definition) is 3. The van der Waals surface area contributed by atoms with E-state index in [1.807, 2.05) is 45.0 Å². The van der Waals surface area contributed by atoms with Crippen molar-refractivity contribution in [1.82, 2.24) is 20.3 Å². The molecule has 9 nitrogen and oxygen atoms in total. The van der Waals surface area contributed by atoms with Gasteiger partial charge in [0.05, 0.1) is 0 Å². The number of carbonyl (C=O) groups excluding carboxylic acids is 2. The molecule has 1 aromatic heterocycles. The number of amides is 1. The Balaban J connectivity index is 1.87. The van der Waals surface area contributed by atoms with Crippen LogP contribution in [0.1, 0.15) is 38.1 Å². The first-order valence-corrected chi connectivity index (χ1v) is 9.09. The van der Waals surface area contributed by atoms with Crippen LogP contribution in [-0.2, 0) is 20.9 Å². The van der Waals surface area contributed by atoms with Gasteiger partial charge in [-0.3, -0.25) is 9.59 Å². The summed E-state index contributed by atoms with van der Waals surface area (Å²) < 4.78 is 5.10. The quantitative estimate of drug-likeness (QED) is 0.558. The zero-order valence-corrected chi connectivity index (χ0v) is 16.4. The summed E-state index contributed by atoms with van der Waals surface area (Å²) in [5, 5.41) is 5.60. The average Bonchev–Trinajstić information content (AvgIpc) is 2.64. The van der Waals surface area contributed by atoms with Crippen molar-refractivity contribution in [1.29, 1.82) is 0 Å². The Bertz CT molecular complexity index is 825. The molecule has 0 aliphatic carbocycles. The number of nitrogens with two attached hydrogens (primary N) is 1. The largest absolute Gasteiger partial charge is 0.456 e. The Morgan fingerprint density at radius 2 is 1.93 bits per heavy atom. The number of carbonyl (C=O) groups is 2. The van der Waals surface area contributed by atoms with Crippen LogP contribution >= 0.6 is 0 Å². The molecule has 150 valence electrons. The number of hydrogen-bond acceptors (Lipinski definition) is 8. The van der Waals surface area contributed by atoms with E-state index in [9.17, 15) is 9.59 Å². The number of anilines is 3. The van der Waals surface area contributed by atoms with Gasteiger partial charge in [-0.25, -0.2) is 0 Å². The van der Waals surface area contributed by atoms with Crippen molar-refractivity contribution in [3.05, 3.63) is 35.7 Å². The molecule has 0 aliphatic rings. The molecule has 1 heterocycles. The molecule has 9 heteroatoms. The number of nitrogen functional groups attached to an aromatic ring is 1. The summed E-state index contributed by atoms with van der Waals surface area (Å²) in [5.41, 5.74) is 7.56. The maximum atomic E-state index is 11.8. The third-order valence-electron chi connectivity index (χ3n) is 3.83. The van der Waals surface area contributed by atoms with Crippen LogP contribution in [0.4, 0.5) is 17.6 Å². The maximum Gasteiger partial charge on any atom is 0.325 e. The Morgan fingerprint density at radius 3 is 2.64 bits per heavy atom. The molecular formula is C19H26N6O3. The van der Waals surface area contributed by atoms with Crippen molar-refractivity contribution in [3.8, 4) is 0 Å². The lowest BCUT2D eigenvalue weighted by molar-refractivity contribution is -0.145. The van der Waals surface area contributed by atoms with E-state index in [0.29, 0.717) is 12.3 Å². The topological polar surface area (TPSA) is 132 Å². The average molecular weight is 386 g/mol. The minimum absolute atomic E-state index is 0.0131. The van der Waals surface area contributed by atoms with Gasteiger partial charge in [-0.05, 0) is 30.9 Å². The van der Waals surface area contributed by atoms with E-state index in [1.54, 1.807) is 0 Å². The number of benzene rings is 1. The number of rotatable bonds is 9. The zero-order valence-electron chi connectivity index (χ0n) is 16.4. The molecule has 4 N–H and O–H groups in total. The van der Waals surface area contributed by atoms with Crippen LogP contribution < -0.4 is 16.4 Å². The number of aromatic nitrogens is 3. The highest BCUT2D eigenvalue weighted by Gasteiger charge is 2.11. The Labute approximate surface area is 164 Å². The second kappa shape index (κ2) is 10.2. The predicted molar refractivity (Wildman–Crippen MR) is 106 cm³/mol. The molecule has 0 radical (unpaired) electrons. The maximum absolute atomic E-state index is 11.8. The minimum Gasteiger partial charge on any atom is -0.456 e. The van der Waals surface area contributed by atoms with E-state index in [4.69, 9.17) is 10.5 Å². The molecular weight excluding hydrogens is 360 g/mol. The third kappa shape index (κ3) is 7.18. The fourth-order valence-electron chi connectivity index (χ4n) is 2.27. The van der Waals surface area contributed by atoms with Crippen LogP contribution in [-0.4, -0.2) is 33.4 Å². The number of para-hydroxylation sites is 1. The van der Waals surface area contributed by atoms with Crippen molar-refractivity contribution in [2.24, 2.45) is 5.92 Å². The predicted octanol–water partition coefficient (Wildman–Crippen LogP) is 2.10. The number of esters is 1. The van der Waals surface area contributed by atoms with Crippen LogP contribution in [0.5, 0.6) is 0 Å². The van der Waals surface area contributed by atoms with Crippen molar-refractivity contribution >= 4 is 29.5 Å². The van der Waals surface area contributed by atoms with Gasteiger partial charge < -0.3 is 21.1 Å². The Morgan fingerprint density at radius 1 is 1.18 bits per heavy atom. The summed E-state index contributed by atoms with van der Waals surface area (Å²) in [6.45, 7) is 5.64. The highest BCUT2D eigenvalue weighted by molar-refractivity contribution is 5.81. The van der Waals surface area contributed by atoms with Crippen LogP contribution in [0, 0.1) is 12.8 Å². The monoisotopic (exact) mass is 386 g/mol. The summed E-state index contributed by atoms with van der Waals surface area (Å²) in [5.74, 6) is 0.150. The molecule has 2 rings (SSSR count). The van der Waals surface area contributed by atoms with E-state index in [2.05, 4.69) is 25.6 Å². The summed E-state index contributed by atoms with van der Waals surface area (Å²) in [6, 6.07) is 7.65. The lowest BCUT2D eigenvalue weighted by atomic mass is 10.1. The summed E-state index contributed by atoms with van der Waals surface area (Å²) in [4.78, 5) is 35.7. The number of nitrogens with one attached hydrogen (secondary N) is 2. The van der Waals surface area contributed by atoms with E-state index in [0.717, 1.165) is 17.7 Å². The fraction of sp³-hybridized carbons (Fsp3) is 0.421. The first kappa shape index (κ1) is 21.1. The highest BCUT2D eigenvalue weighted by Crippen LogP contribution is 2.17. The normalized spacial score (nSPS) is 10.6. The van der Waals surface area contributed by atoms with Crippen LogP contribution in [0.25, 0.3) is 0 Å². The van der Waals surface area contributed by atoms with Gasteiger partial charge in [0.2, 0.25) is 17.8 Å². The second-order valence-corrected chi connectivity index (χ2v) is 6.74. The van der Waals surface area contributed by atoms with Crippen LogP contribution in [0.3, 0.4) is 0 Å². The molecule has 1 amide bonds. The fourth-order valence-corrected chi connectivity index (χ4v) is 2.27. The number of nitrogens with zero attached hydrogens (tertiary/aromatic N) is 3. The highest BCUT2D eigenvalue weighted by atomic mass is 16.5. The summed E-state index contributed by atoms with van der Waals surface area (Å²) in [6.07, 6.45) is 1.14. The molecule has 0 spiro atoms. The van der Waals surface area contributed by atoms with E-state index in [-0.39, 0.29) is 36.8 Å². The minimum atomic E-state index is -0.578. The summed E-state index contributed by atoms with van der Waals surface area (Å²) >= 11 is 0. The zero-order chi connectivity index (χ0) is 20.5. The van der Waals surface area contributed by atoms with Gasteiger partial charge in [0.1, 0.15) is 6.54 Å². The molecule has 0 atom stereocenters. The van der Waals surface area contributed by atoms with Crippen LogP contribution in [0.2, 0.25) is 0 Å². The van der Waals surface area contributed by atoms with Crippen molar-refractivity contribution < 1.29 is 14.3 Å². The van der Waals surface area contributed by atoms with E-state index in [1.165, 1.54) is 0 Å². The SMILES string of the molecule is Cc1ccccc1Nc1nc(N)nc(COC(=O)CNC(=O)CCC(C)C)n1. The van der Waals surface area contributed by atoms with Gasteiger partial charge in [-0.2, -0.15) is 15.0 Å². The molecule has 0 saturated carbocycles. The van der Waals surface area contributed by atoms with Gasteiger partial charge >= 0.3 is 5.97 Å². The van der Waals surface area contributed by atoms with Crippen molar-refractivity contribution in [3.63, 3.8) is 0 Å². The lowest BCUT2D eigenvalue weighted by Crippen LogP contribution is -2.30. The third-order valence-corrected chi connectivity index (χ3v) is 3.83. The Kier molecular flexibility index (Phi) is 7.67. The molecule has 28 heavy (non-hydrogen) atoms. The Hall–Kier alpha value is -3.23. The molecule has 0 aliphatic heterocycles. The lowest BCUT2D eigenvalue weighted by Gasteiger charge is -2.10. The number of aryl methyl sites for hydroxylation is 1. The van der Waals surface area contributed by atoms with Gasteiger partial charge in [0.15, 0.2) is 12.4 Å². The molecule has 0 unspecified atom stereocenters. The van der Waals surface area contributed by atoms with Crippen molar-refractivity contribution in [2.75, 3.05) is 17.6 Å². The first-order chi connectivity index (χ1) is 13.3. The first-order valence-electron chi connectivity index (χ1n) is 9.09. The molecule has 0 saturated heterocycles. The van der Waals surface area contributed by atoms with Gasteiger partial charge in [0.25, 0.3) is 0 Å². The van der Waals surface area contributed by atoms with Gasteiger partial charge in [-0.15, -0.1) is 0 Å². The molecule has 2 aromatic rings. The van der Waals surface area contributed by atoms with Gasteiger partial charge in [0, 0.05) is 12.1 Å². The van der Waals surface area contributed by atoms with Crippen molar-refractivity contribution in [2.45, 2.75) is 40.2 Å². The van der Waals surface area contributed by atoms with E-state index >= 15 is 0 Å².